The van der Waals surface area contributed by atoms with Crippen LogP contribution in [0.4, 0.5) is 5.69 Å². The van der Waals surface area contributed by atoms with Crippen LogP contribution < -0.4 is 10.5 Å². The first-order chi connectivity index (χ1) is 9.95. The average molecular weight is 302 g/mol. The molecule has 0 heterocycles. The van der Waals surface area contributed by atoms with Crippen molar-refractivity contribution in [3.05, 3.63) is 59.2 Å². The summed E-state index contributed by atoms with van der Waals surface area (Å²) >= 11 is 0. The maximum Gasteiger partial charge on any atom is 0.241 e. The van der Waals surface area contributed by atoms with Crippen LogP contribution in [0.2, 0.25) is 0 Å². The molecular formula is C16H18N2O2S. The van der Waals surface area contributed by atoms with Gasteiger partial charge in [-0.15, -0.1) is 0 Å². The zero-order valence-corrected chi connectivity index (χ0v) is 12.7. The van der Waals surface area contributed by atoms with Gasteiger partial charge in [0, 0.05) is 11.7 Å². The molecule has 1 aliphatic carbocycles. The van der Waals surface area contributed by atoms with Crippen molar-refractivity contribution in [3.63, 3.8) is 0 Å². The van der Waals surface area contributed by atoms with E-state index in [9.17, 15) is 8.42 Å². The number of nitrogens with one attached hydrogen (secondary N) is 1. The fraction of sp³-hybridized carbons (Fsp3) is 0.250. The Hall–Kier alpha value is -1.85. The Morgan fingerprint density at radius 2 is 1.86 bits per heavy atom. The van der Waals surface area contributed by atoms with Crippen LogP contribution in [0, 0.1) is 6.92 Å². The van der Waals surface area contributed by atoms with Gasteiger partial charge in [-0.1, -0.05) is 23.8 Å². The van der Waals surface area contributed by atoms with Gasteiger partial charge in [-0.05, 0) is 55.2 Å². The Labute approximate surface area is 125 Å². The Balaban J connectivity index is 1.88. The SMILES string of the molecule is Cc1ccc(S(=O)(=O)NC2CCc3ccc(N)cc32)cc1. The number of nitrogens with two attached hydrogens (primary N) is 1. The van der Waals surface area contributed by atoms with Gasteiger partial charge in [0.1, 0.15) is 0 Å². The zero-order chi connectivity index (χ0) is 15.0. The van der Waals surface area contributed by atoms with Crippen LogP contribution in [0.5, 0.6) is 0 Å². The number of hydrogen-bond donors (Lipinski definition) is 2. The van der Waals surface area contributed by atoms with Crippen LogP contribution in [0.25, 0.3) is 0 Å². The van der Waals surface area contributed by atoms with E-state index in [2.05, 4.69) is 4.72 Å². The molecule has 0 saturated heterocycles. The minimum Gasteiger partial charge on any atom is -0.399 e. The number of aryl methyl sites for hydroxylation is 2. The molecule has 4 nitrogen and oxygen atoms in total. The highest BCUT2D eigenvalue weighted by molar-refractivity contribution is 7.89. The fourth-order valence-electron chi connectivity index (χ4n) is 2.72. The largest absolute Gasteiger partial charge is 0.399 e. The predicted octanol–water partition coefficient (Wildman–Crippen LogP) is 2.54. The number of sulfonamides is 1. The molecule has 0 aromatic heterocycles. The summed E-state index contributed by atoms with van der Waals surface area (Å²) in [4.78, 5) is 0.297. The second-order valence-electron chi connectivity index (χ2n) is 5.48. The molecule has 0 bridgehead atoms. The third-order valence-corrected chi connectivity index (χ3v) is 5.36. The molecule has 5 heteroatoms. The number of benzene rings is 2. The standard InChI is InChI=1S/C16H18N2O2S/c1-11-2-7-14(8-3-11)21(19,20)18-16-9-5-12-4-6-13(17)10-15(12)16/h2-4,6-8,10,16,18H,5,9,17H2,1H3. The summed E-state index contributed by atoms with van der Waals surface area (Å²) in [5, 5.41) is 0. The monoisotopic (exact) mass is 302 g/mol. The first-order valence-corrected chi connectivity index (χ1v) is 8.41. The predicted molar refractivity (Wildman–Crippen MR) is 83.4 cm³/mol. The normalized spacial score (nSPS) is 17.7. The van der Waals surface area contributed by atoms with Gasteiger partial charge in [0.2, 0.25) is 10.0 Å². The molecule has 0 radical (unpaired) electrons. The van der Waals surface area contributed by atoms with Crippen LogP contribution in [0.1, 0.15) is 29.2 Å². The Morgan fingerprint density at radius 3 is 2.57 bits per heavy atom. The van der Waals surface area contributed by atoms with Crippen molar-refractivity contribution >= 4 is 15.7 Å². The first kappa shape index (κ1) is 14.1. The van der Waals surface area contributed by atoms with Crippen molar-refractivity contribution in [2.75, 3.05) is 5.73 Å². The third kappa shape index (κ3) is 2.80. The molecular weight excluding hydrogens is 284 g/mol. The number of nitrogen functional groups attached to an aromatic ring is 1. The van der Waals surface area contributed by atoms with Crippen molar-refractivity contribution in [2.24, 2.45) is 0 Å². The quantitative estimate of drug-likeness (QED) is 0.856. The second kappa shape index (κ2) is 5.16. The van der Waals surface area contributed by atoms with E-state index in [0.29, 0.717) is 10.6 Å². The van der Waals surface area contributed by atoms with Crippen LogP contribution in [0.15, 0.2) is 47.4 Å². The molecule has 0 fully saturated rings. The summed E-state index contributed by atoms with van der Waals surface area (Å²) < 4.78 is 27.7. The summed E-state index contributed by atoms with van der Waals surface area (Å²) in [6.45, 7) is 1.93. The van der Waals surface area contributed by atoms with E-state index < -0.39 is 10.0 Å². The lowest BCUT2D eigenvalue weighted by atomic mass is 10.1. The fourth-order valence-corrected chi connectivity index (χ4v) is 3.97. The summed E-state index contributed by atoms with van der Waals surface area (Å²) in [7, 11) is -3.51. The molecule has 21 heavy (non-hydrogen) atoms. The van der Waals surface area contributed by atoms with Crippen LogP contribution in [-0.4, -0.2) is 8.42 Å². The van der Waals surface area contributed by atoms with E-state index in [0.717, 1.165) is 24.0 Å². The smallest absolute Gasteiger partial charge is 0.241 e. The van der Waals surface area contributed by atoms with E-state index in [-0.39, 0.29) is 6.04 Å². The molecule has 1 unspecified atom stereocenters. The number of hydrogen-bond acceptors (Lipinski definition) is 3. The molecule has 2 aromatic rings. The van der Waals surface area contributed by atoms with Crippen molar-refractivity contribution in [3.8, 4) is 0 Å². The lowest BCUT2D eigenvalue weighted by Gasteiger charge is -2.15. The Morgan fingerprint density at radius 1 is 1.14 bits per heavy atom. The van der Waals surface area contributed by atoms with Gasteiger partial charge in [-0.3, -0.25) is 0 Å². The van der Waals surface area contributed by atoms with Crippen molar-refractivity contribution in [1.82, 2.24) is 4.72 Å². The topological polar surface area (TPSA) is 72.2 Å². The van der Waals surface area contributed by atoms with Gasteiger partial charge in [0.05, 0.1) is 4.90 Å². The van der Waals surface area contributed by atoms with Crippen LogP contribution in [-0.2, 0) is 16.4 Å². The first-order valence-electron chi connectivity index (χ1n) is 6.93. The molecule has 110 valence electrons. The van der Waals surface area contributed by atoms with Crippen molar-refractivity contribution < 1.29 is 8.42 Å². The molecule has 0 amide bonds. The number of rotatable bonds is 3. The van der Waals surface area contributed by atoms with E-state index in [1.165, 1.54) is 5.56 Å². The molecule has 1 aliphatic rings. The summed E-state index contributed by atoms with van der Waals surface area (Å²) in [5.41, 5.74) is 9.66. The van der Waals surface area contributed by atoms with E-state index >= 15 is 0 Å². The highest BCUT2D eigenvalue weighted by Gasteiger charge is 2.27. The van der Waals surface area contributed by atoms with E-state index in [1.54, 1.807) is 24.3 Å². The van der Waals surface area contributed by atoms with Crippen molar-refractivity contribution in [1.29, 1.82) is 0 Å². The van der Waals surface area contributed by atoms with Crippen molar-refractivity contribution in [2.45, 2.75) is 30.7 Å². The van der Waals surface area contributed by atoms with Gasteiger partial charge in [-0.2, -0.15) is 0 Å². The number of fused-ring (bicyclic) bond motifs is 1. The third-order valence-electron chi connectivity index (χ3n) is 3.88. The minimum atomic E-state index is -3.51. The second-order valence-corrected chi connectivity index (χ2v) is 7.20. The lowest BCUT2D eigenvalue weighted by molar-refractivity contribution is 0.554. The Kier molecular flexibility index (Phi) is 3.47. The molecule has 1 atom stereocenters. The van der Waals surface area contributed by atoms with Gasteiger partial charge in [0.25, 0.3) is 0 Å². The van der Waals surface area contributed by atoms with Gasteiger partial charge >= 0.3 is 0 Å². The summed E-state index contributed by atoms with van der Waals surface area (Å²) in [6.07, 6.45) is 1.64. The number of anilines is 1. The summed E-state index contributed by atoms with van der Waals surface area (Å²) in [5.74, 6) is 0. The molecule has 0 aliphatic heterocycles. The lowest BCUT2D eigenvalue weighted by Crippen LogP contribution is -2.27. The highest BCUT2D eigenvalue weighted by Crippen LogP contribution is 2.33. The molecule has 0 saturated carbocycles. The zero-order valence-electron chi connectivity index (χ0n) is 11.8. The highest BCUT2D eigenvalue weighted by atomic mass is 32.2. The van der Waals surface area contributed by atoms with E-state index in [1.807, 2.05) is 25.1 Å². The minimum absolute atomic E-state index is 0.199. The molecule has 3 N–H and O–H groups in total. The van der Waals surface area contributed by atoms with E-state index in [4.69, 9.17) is 5.73 Å². The maximum absolute atomic E-state index is 12.5. The van der Waals surface area contributed by atoms with Gasteiger partial charge in [0.15, 0.2) is 0 Å². The molecule has 3 rings (SSSR count). The van der Waals surface area contributed by atoms with Gasteiger partial charge in [-0.25, -0.2) is 13.1 Å². The van der Waals surface area contributed by atoms with Crippen LogP contribution >= 0.6 is 0 Å². The Bertz CT molecular complexity index is 767. The van der Waals surface area contributed by atoms with Crippen LogP contribution in [0.3, 0.4) is 0 Å². The van der Waals surface area contributed by atoms with Gasteiger partial charge < -0.3 is 5.73 Å². The average Bonchev–Trinajstić information content (AvgIpc) is 2.81. The molecule has 2 aromatic carbocycles. The summed E-state index contributed by atoms with van der Waals surface area (Å²) in [6, 6.07) is 12.4. The maximum atomic E-state index is 12.5. The molecule has 0 spiro atoms.